The van der Waals surface area contributed by atoms with Gasteiger partial charge < -0.3 is 4.57 Å². The van der Waals surface area contributed by atoms with Crippen molar-refractivity contribution in [1.82, 2.24) is 14.5 Å². The number of nitrogens with zero attached hydrogens (tertiary/aromatic N) is 3. The molecule has 0 saturated heterocycles. The van der Waals surface area contributed by atoms with Crippen LogP contribution >= 0.6 is 22.7 Å². The average molecular weight is 395 g/mol. The van der Waals surface area contributed by atoms with Crippen molar-refractivity contribution >= 4 is 33.7 Å². The van der Waals surface area contributed by atoms with Crippen LogP contribution in [0.2, 0.25) is 0 Å². The smallest absolute Gasteiger partial charge is 0.258 e. The van der Waals surface area contributed by atoms with Crippen molar-refractivity contribution in [3.05, 3.63) is 64.1 Å². The lowest BCUT2D eigenvalue weighted by Crippen LogP contribution is -2.11. The summed E-state index contributed by atoms with van der Waals surface area (Å²) >= 11 is 3.06. The zero-order valence-corrected chi connectivity index (χ0v) is 16.8. The molecule has 0 bridgehead atoms. The lowest BCUT2D eigenvalue weighted by molar-refractivity contribution is 0.102. The number of thiazole rings is 1. The van der Waals surface area contributed by atoms with Crippen molar-refractivity contribution in [2.24, 2.45) is 7.05 Å². The number of anilines is 1. The van der Waals surface area contributed by atoms with Gasteiger partial charge in [0.2, 0.25) is 0 Å². The lowest BCUT2D eigenvalue weighted by atomic mass is 10.1. The largest absolute Gasteiger partial charge is 0.333 e. The van der Waals surface area contributed by atoms with Crippen LogP contribution in [0.3, 0.4) is 0 Å². The molecule has 3 heterocycles. The summed E-state index contributed by atoms with van der Waals surface area (Å²) in [5.41, 5.74) is 2.52. The Bertz CT molecular complexity index is 1110. The number of aromatic nitrogens is 3. The summed E-state index contributed by atoms with van der Waals surface area (Å²) in [6.45, 7) is 3.97. The van der Waals surface area contributed by atoms with Gasteiger partial charge in [-0.3, -0.25) is 10.1 Å². The van der Waals surface area contributed by atoms with E-state index in [0.717, 1.165) is 31.7 Å². The molecule has 0 aliphatic heterocycles. The first kappa shape index (κ1) is 17.6. The number of amides is 1. The maximum absolute atomic E-state index is 12.7. The molecule has 1 aromatic carbocycles. The molecule has 7 heteroatoms. The van der Waals surface area contributed by atoms with Gasteiger partial charge >= 0.3 is 0 Å². The minimum Gasteiger partial charge on any atom is -0.333 e. The second-order valence-electron chi connectivity index (χ2n) is 6.21. The Balaban J connectivity index is 1.74. The highest BCUT2D eigenvalue weighted by molar-refractivity contribution is 7.19. The van der Waals surface area contributed by atoms with E-state index in [1.54, 1.807) is 17.5 Å². The van der Waals surface area contributed by atoms with Crippen molar-refractivity contribution in [3.63, 3.8) is 0 Å². The third kappa shape index (κ3) is 3.43. The molecule has 5 nitrogen and oxygen atoms in total. The van der Waals surface area contributed by atoms with Gasteiger partial charge in [-0.2, -0.15) is 0 Å². The van der Waals surface area contributed by atoms with E-state index >= 15 is 0 Å². The van der Waals surface area contributed by atoms with Crippen LogP contribution in [0.5, 0.6) is 0 Å². The Kier molecular flexibility index (Phi) is 4.63. The van der Waals surface area contributed by atoms with Crippen LogP contribution in [0, 0.1) is 13.8 Å². The fourth-order valence-electron chi connectivity index (χ4n) is 2.92. The number of rotatable bonds is 4. The highest BCUT2D eigenvalue weighted by atomic mass is 32.1. The second-order valence-corrected chi connectivity index (χ2v) is 8.67. The summed E-state index contributed by atoms with van der Waals surface area (Å²) in [6, 6.07) is 11.9. The van der Waals surface area contributed by atoms with Crippen molar-refractivity contribution < 1.29 is 4.79 Å². The van der Waals surface area contributed by atoms with Crippen LogP contribution in [-0.4, -0.2) is 20.4 Å². The Morgan fingerprint density at radius 1 is 1.15 bits per heavy atom. The molecule has 0 unspecified atom stereocenters. The number of hydrogen-bond donors (Lipinski definition) is 1. The molecule has 0 radical (unpaired) electrons. The van der Waals surface area contributed by atoms with E-state index in [2.05, 4.69) is 10.3 Å². The zero-order chi connectivity index (χ0) is 19.0. The number of thiophene rings is 1. The normalized spacial score (nSPS) is 10.9. The summed E-state index contributed by atoms with van der Waals surface area (Å²) in [5, 5.41) is 3.53. The summed E-state index contributed by atoms with van der Waals surface area (Å²) in [4.78, 5) is 24.9. The number of imidazole rings is 1. The molecule has 0 aliphatic rings. The quantitative estimate of drug-likeness (QED) is 0.521. The summed E-state index contributed by atoms with van der Waals surface area (Å²) < 4.78 is 1.96. The first-order chi connectivity index (χ1) is 13.0. The average Bonchev–Trinajstić information content (AvgIpc) is 3.34. The SMILES string of the molecule is Cc1cc(C(=O)Nc2nc(-c3ccccc3)c(-c3nccn3C)s2)c(C)s1. The molecule has 4 rings (SSSR count). The predicted octanol–water partition coefficient (Wildman–Crippen LogP) is 5.14. The number of carbonyl (C=O) groups excluding carboxylic acids is 1. The number of nitrogens with one attached hydrogen (secondary N) is 1. The topological polar surface area (TPSA) is 59.8 Å². The minimum absolute atomic E-state index is 0.128. The van der Waals surface area contributed by atoms with Crippen LogP contribution in [0.1, 0.15) is 20.1 Å². The maximum atomic E-state index is 12.7. The summed E-state index contributed by atoms with van der Waals surface area (Å²) in [5.74, 6) is 0.700. The molecule has 27 heavy (non-hydrogen) atoms. The number of carbonyl (C=O) groups is 1. The summed E-state index contributed by atoms with van der Waals surface area (Å²) in [6.07, 6.45) is 3.67. The molecule has 0 aliphatic carbocycles. The van der Waals surface area contributed by atoms with Gasteiger partial charge in [0.25, 0.3) is 5.91 Å². The molecule has 0 saturated carbocycles. The van der Waals surface area contributed by atoms with E-state index in [-0.39, 0.29) is 5.91 Å². The Morgan fingerprint density at radius 3 is 2.56 bits per heavy atom. The van der Waals surface area contributed by atoms with Crippen molar-refractivity contribution in [2.75, 3.05) is 5.32 Å². The molecular weight excluding hydrogens is 376 g/mol. The molecule has 4 aromatic rings. The third-order valence-electron chi connectivity index (χ3n) is 4.20. The van der Waals surface area contributed by atoms with E-state index in [9.17, 15) is 4.79 Å². The van der Waals surface area contributed by atoms with Crippen molar-refractivity contribution in [3.8, 4) is 22.0 Å². The van der Waals surface area contributed by atoms with Gasteiger partial charge in [-0.15, -0.1) is 11.3 Å². The first-order valence-corrected chi connectivity index (χ1v) is 10.1. The van der Waals surface area contributed by atoms with Crippen LogP contribution in [0.15, 0.2) is 48.8 Å². The molecule has 3 aromatic heterocycles. The third-order valence-corrected chi connectivity index (χ3v) is 6.14. The van der Waals surface area contributed by atoms with Gasteiger partial charge in [0, 0.05) is 34.8 Å². The van der Waals surface area contributed by atoms with E-state index in [1.807, 2.05) is 68.1 Å². The second kappa shape index (κ2) is 7.09. The molecular formula is C20H18N4OS2. The van der Waals surface area contributed by atoms with Crippen molar-refractivity contribution in [2.45, 2.75) is 13.8 Å². The highest BCUT2D eigenvalue weighted by Crippen LogP contribution is 2.38. The number of hydrogen-bond acceptors (Lipinski definition) is 5. The first-order valence-electron chi connectivity index (χ1n) is 8.45. The number of aryl methyl sites for hydroxylation is 3. The predicted molar refractivity (Wildman–Crippen MR) is 111 cm³/mol. The Hall–Kier alpha value is -2.77. The molecule has 0 atom stereocenters. The minimum atomic E-state index is -0.128. The molecule has 0 spiro atoms. The molecule has 136 valence electrons. The Labute approximate surface area is 165 Å². The monoisotopic (exact) mass is 394 g/mol. The maximum Gasteiger partial charge on any atom is 0.258 e. The van der Waals surface area contributed by atoms with Crippen LogP contribution in [0.25, 0.3) is 22.0 Å². The fourth-order valence-corrected chi connectivity index (χ4v) is 4.87. The van der Waals surface area contributed by atoms with Gasteiger partial charge in [0.1, 0.15) is 0 Å². The van der Waals surface area contributed by atoms with Crippen molar-refractivity contribution in [1.29, 1.82) is 0 Å². The van der Waals surface area contributed by atoms with Crippen LogP contribution in [0.4, 0.5) is 5.13 Å². The van der Waals surface area contributed by atoms with Gasteiger partial charge in [0.15, 0.2) is 11.0 Å². The lowest BCUT2D eigenvalue weighted by Gasteiger charge is -2.02. The molecule has 1 N–H and O–H groups in total. The standard InChI is InChI=1S/C20H18N4OS2/c1-12-11-15(13(2)26-12)19(25)23-20-22-16(14-7-5-4-6-8-14)17(27-20)18-21-9-10-24(18)3/h4-11H,1-3H3,(H,22,23,25). The van der Waals surface area contributed by atoms with Gasteiger partial charge in [-0.05, 0) is 19.9 Å². The Morgan fingerprint density at radius 2 is 1.93 bits per heavy atom. The molecule has 0 fully saturated rings. The van der Waals surface area contributed by atoms with E-state index in [0.29, 0.717) is 10.7 Å². The van der Waals surface area contributed by atoms with E-state index in [1.165, 1.54) is 11.3 Å². The molecule has 1 amide bonds. The van der Waals surface area contributed by atoms with Gasteiger partial charge in [-0.25, -0.2) is 9.97 Å². The van der Waals surface area contributed by atoms with E-state index in [4.69, 9.17) is 4.98 Å². The number of benzene rings is 1. The summed E-state index contributed by atoms with van der Waals surface area (Å²) in [7, 11) is 1.95. The highest BCUT2D eigenvalue weighted by Gasteiger charge is 2.20. The van der Waals surface area contributed by atoms with Crippen LogP contribution in [-0.2, 0) is 7.05 Å². The van der Waals surface area contributed by atoms with Gasteiger partial charge in [-0.1, -0.05) is 41.7 Å². The van der Waals surface area contributed by atoms with E-state index < -0.39 is 0 Å². The zero-order valence-electron chi connectivity index (χ0n) is 15.2. The van der Waals surface area contributed by atoms with Gasteiger partial charge in [0.05, 0.1) is 16.1 Å². The fraction of sp³-hybridized carbons (Fsp3) is 0.150. The van der Waals surface area contributed by atoms with Crippen LogP contribution < -0.4 is 5.32 Å².